The summed E-state index contributed by atoms with van der Waals surface area (Å²) >= 11 is 2.92. The van der Waals surface area contributed by atoms with Crippen LogP contribution in [0.25, 0.3) is 0 Å². The largest absolute Gasteiger partial charge is 0.511 e. The van der Waals surface area contributed by atoms with Crippen molar-refractivity contribution in [3.8, 4) is 5.88 Å². The minimum absolute atomic E-state index is 0.142. The van der Waals surface area contributed by atoms with Crippen LogP contribution in [0.1, 0.15) is 0 Å². The zero-order valence-electron chi connectivity index (χ0n) is 6.60. The van der Waals surface area contributed by atoms with E-state index < -0.39 is 12.4 Å². The molecule has 2 nitrogen and oxygen atoms in total. The van der Waals surface area contributed by atoms with Crippen LogP contribution in [0, 0.1) is 0 Å². The molecule has 1 aromatic heterocycles. The number of hydrogen-bond donors (Lipinski definition) is 0. The molecule has 0 saturated carbocycles. The Hall–Kier alpha value is -0.715. The fraction of sp³-hybridized carbons (Fsp3) is 0.167. The fourth-order valence-electron chi connectivity index (χ4n) is 0.769. The van der Waals surface area contributed by atoms with Crippen LogP contribution in [0.5, 0.6) is 5.88 Å². The smallest absolute Gasteiger partial charge is 0.480 e. The Bertz CT molecular complexity index is 317. The summed E-state index contributed by atoms with van der Waals surface area (Å²) in [7, 11) is 1.34. The summed E-state index contributed by atoms with van der Waals surface area (Å²) in [5.41, 5.74) is -0.743. The molecule has 1 rings (SSSR count). The predicted molar refractivity (Wildman–Crippen MR) is 47.2 cm³/mol. The maximum atomic E-state index is 12.2. The molecule has 0 aliphatic carbocycles. The second kappa shape index (κ2) is 3.57. The van der Waals surface area contributed by atoms with Gasteiger partial charge in [0, 0.05) is 6.20 Å². The van der Waals surface area contributed by atoms with Crippen LogP contribution >= 0.6 is 15.9 Å². The Labute approximate surface area is 81.3 Å². The summed E-state index contributed by atoms with van der Waals surface area (Å²) in [5.74, 6) is 0.142. The van der Waals surface area contributed by atoms with Crippen LogP contribution in [0.2, 0.25) is 0 Å². The van der Waals surface area contributed by atoms with Crippen LogP contribution in [-0.2, 0) is 0 Å². The minimum atomic E-state index is -4.99. The summed E-state index contributed by atoms with van der Waals surface area (Å²) in [6, 6.07) is 0.950. The van der Waals surface area contributed by atoms with E-state index in [2.05, 4.69) is 20.9 Å². The molecule has 0 bridgehead atoms. The Morgan fingerprint density at radius 3 is 2.46 bits per heavy atom. The van der Waals surface area contributed by atoms with Crippen molar-refractivity contribution in [2.45, 2.75) is 0 Å². The summed E-state index contributed by atoms with van der Waals surface area (Å²) in [6.07, 6.45) is 0.754. The SMILES string of the molecule is COc1ncc([B-](F)(F)F)cc1Br. The molecule has 0 aliphatic heterocycles. The van der Waals surface area contributed by atoms with Gasteiger partial charge in [0.2, 0.25) is 5.88 Å². The van der Waals surface area contributed by atoms with Crippen molar-refractivity contribution in [2.24, 2.45) is 0 Å². The van der Waals surface area contributed by atoms with E-state index in [9.17, 15) is 12.9 Å². The van der Waals surface area contributed by atoms with Gasteiger partial charge in [-0.3, -0.25) is 0 Å². The Morgan fingerprint density at radius 1 is 1.46 bits per heavy atom. The number of pyridine rings is 1. The van der Waals surface area contributed by atoms with Crippen molar-refractivity contribution >= 4 is 28.4 Å². The maximum absolute atomic E-state index is 12.2. The highest BCUT2D eigenvalue weighted by Crippen LogP contribution is 2.21. The van der Waals surface area contributed by atoms with Crippen molar-refractivity contribution in [1.29, 1.82) is 0 Å². The first-order valence-electron chi connectivity index (χ1n) is 3.34. The third-order valence-electron chi connectivity index (χ3n) is 1.40. The van der Waals surface area contributed by atoms with Gasteiger partial charge < -0.3 is 17.7 Å². The molecule has 0 aliphatic rings. The molecule has 0 N–H and O–H groups in total. The molecule has 1 heterocycles. The van der Waals surface area contributed by atoms with E-state index in [4.69, 9.17) is 4.74 Å². The molecular formula is C6H5BBrF3NO-. The van der Waals surface area contributed by atoms with Crippen molar-refractivity contribution in [3.63, 3.8) is 0 Å². The van der Waals surface area contributed by atoms with Crippen molar-refractivity contribution in [3.05, 3.63) is 16.7 Å². The molecule has 0 atom stereocenters. The van der Waals surface area contributed by atoms with Crippen molar-refractivity contribution in [1.82, 2.24) is 4.98 Å². The van der Waals surface area contributed by atoms with E-state index in [1.165, 1.54) is 7.11 Å². The average Bonchev–Trinajstić information content (AvgIpc) is 2.02. The van der Waals surface area contributed by atoms with Gasteiger partial charge >= 0.3 is 6.98 Å². The van der Waals surface area contributed by atoms with E-state index in [0.29, 0.717) is 0 Å². The normalized spacial score (nSPS) is 11.5. The van der Waals surface area contributed by atoms with E-state index in [1.54, 1.807) is 0 Å². The Balaban J connectivity index is 3.10. The van der Waals surface area contributed by atoms with E-state index in [-0.39, 0.29) is 10.4 Å². The van der Waals surface area contributed by atoms with Gasteiger partial charge in [0.25, 0.3) is 0 Å². The Morgan fingerprint density at radius 2 is 2.08 bits per heavy atom. The molecule has 0 saturated heterocycles. The predicted octanol–water partition coefficient (Wildman–Crippen LogP) is 1.91. The summed E-state index contributed by atoms with van der Waals surface area (Å²) in [5, 5.41) is 0. The molecule has 0 aromatic carbocycles. The number of methoxy groups -OCH3 is 1. The second-order valence-corrected chi connectivity index (χ2v) is 3.19. The van der Waals surface area contributed by atoms with Crippen LogP contribution in [0.4, 0.5) is 12.9 Å². The van der Waals surface area contributed by atoms with Gasteiger partial charge in [-0.15, -0.1) is 0 Å². The summed E-state index contributed by atoms with van der Waals surface area (Å²) < 4.78 is 41.4. The van der Waals surface area contributed by atoms with Crippen molar-refractivity contribution in [2.75, 3.05) is 7.11 Å². The van der Waals surface area contributed by atoms with Gasteiger partial charge in [-0.25, -0.2) is 4.98 Å². The monoisotopic (exact) mass is 254 g/mol. The highest BCUT2D eigenvalue weighted by Gasteiger charge is 2.26. The quantitative estimate of drug-likeness (QED) is 0.753. The van der Waals surface area contributed by atoms with Gasteiger partial charge in [0.15, 0.2) is 0 Å². The topological polar surface area (TPSA) is 22.1 Å². The molecule has 1 aromatic rings. The fourth-order valence-corrected chi connectivity index (χ4v) is 1.30. The molecule has 7 heteroatoms. The van der Waals surface area contributed by atoms with Gasteiger partial charge in [-0.1, -0.05) is 11.5 Å². The van der Waals surface area contributed by atoms with Crippen LogP contribution in [0.15, 0.2) is 16.7 Å². The molecule has 13 heavy (non-hydrogen) atoms. The maximum Gasteiger partial charge on any atom is 0.511 e. The lowest BCUT2D eigenvalue weighted by Crippen LogP contribution is -2.34. The third-order valence-corrected chi connectivity index (χ3v) is 1.97. The van der Waals surface area contributed by atoms with Crippen LogP contribution < -0.4 is 10.2 Å². The number of ether oxygens (including phenoxy) is 1. The number of hydrogen-bond acceptors (Lipinski definition) is 2. The number of aromatic nitrogens is 1. The third kappa shape index (κ3) is 2.36. The van der Waals surface area contributed by atoms with Crippen molar-refractivity contribution < 1.29 is 17.7 Å². The van der Waals surface area contributed by atoms with Crippen LogP contribution in [0.3, 0.4) is 0 Å². The molecule has 0 amide bonds. The lowest BCUT2D eigenvalue weighted by molar-refractivity contribution is 0.395. The molecular weight excluding hydrogens is 250 g/mol. The van der Waals surface area contributed by atoms with Crippen LogP contribution in [-0.4, -0.2) is 19.1 Å². The lowest BCUT2D eigenvalue weighted by Gasteiger charge is -2.14. The first kappa shape index (κ1) is 10.4. The number of nitrogens with zero attached hydrogens (tertiary/aromatic N) is 1. The lowest BCUT2D eigenvalue weighted by atomic mass is 9.82. The van der Waals surface area contributed by atoms with Gasteiger partial charge in [-0.2, -0.15) is 0 Å². The molecule has 0 radical (unpaired) electrons. The average molecular weight is 255 g/mol. The zero-order chi connectivity index (χ0) is 10.1. The molecule has 72 valence electrons. The first-order chi connectivity index (χ1) is 5.95. The van der Waals surface area contributed by atoms with Gasteiger partial charge in [-0.05, 0) is 15.9 Å². The minimum Gasteiger partial charge on any atom is -0.480 e. The summed E-state index contributed by atoms with van der Waals surface area (Å²) in [6.45, 7) is -4.99. The van der Waals surface area contributed by atoms with Gasteiger partial charge in [0.1, 0.15) is 0 Å². The Kier molecular flexibility index (Phi) is 2.85. The molecule has 0 spiro atoms. The van der Waals surface area contributed by atoms with E-state index >= 15 is 0 Å². The number of rotatable bonds is 2. The highest BCUT2D eigenvalue weighted by molar-refractivity contribution is 9.10. The first-order valence-corrected chi connectivity index (χ1v) is 4.14. The van der Waals surface area contributed by atoms with E-state index in [1.807, 2.05) is 0 Å². The number of halogens is 4. The molecule has 0 fully saturated rings. The van der Waals surface area contributed by atoms with Gasteiger partial charge in [0.05, 0.1) is 11.6 Å². The standard InChI is InChI=1S/C6H5BBrF3NO/c1-13-6-5(8)2-4(3-12-6)7(9,10)11/h2-3H,1H3/q-1. The zero-order valence-corrected chi connectivity index (χ0v) is 8.19. The second-order valence-electron chi connectivity index (χ2n) is 2.33. The molecule has 0 unspecified atom stereocenters. The summed E-state index contributed by atoms with van der Waals surface area (Å²) in [4.78, 5) is 3.49. The highest BCUT2D eigenvalue weighted by atomic mass is 79.9. The van der Waals surface area contributed by atoms with E-state index in [0.717, 1.165) is 12.3 Å².